The second kappa shape index (κ2) is 7.59. The van der Waals surface area contributed by atoms with Gasteiger partial charge >= 0.3 is 11.9 Å². The van der Waals surface area contributed by atoms with Gasteiger partial charge in [-0.25, -0.2) is 14.0 Å². The summed E-state index contributed by atoms with van der Waals surface area (Å²) in [6, 6.07) is 3.65. The molecule has 0 amide bonds. The summed E-state index contributed by atoms with van der Waals surface area (Å²) < 4.78 is 17.8. The van der Waals surface area contributed by atoms with Gasteiger partial charge in [-0.3, -0.25) is 0 Å². The van der Waals surface area contributed by atoms with Crippen LogP contribution in [0.3, 0.4) is 0 Å². The number of carboxylic acid groups (broad SMARTS) is 1. The lowest BCUT2D eigenvalue weighted by Crippen LogP contribution is -2.09. The lowest BCUT2D eigenvalue weighted by molar-refractivity contribution is -0.139. The Morgan fingerprint density at radius 2 is 2.14 bits per heavy atom. The number of aliphatic carboxylic acids is 1. The second-order valence-electron chi connectivity index (χ2n) is 4.31. The van der Waals surface area contributed by atoms with Crippen LogP contribution in [0.2, 0.25) is 5.02 Å². The standard InChI is InChI=1S/C15H14ClFO4/c1-9(2)15(20)21-6-5-11(14(18)19)7-10-3-4-12(17)8-13(10)16/h3-4,7-8H,1,5-6H2,2H3,(H,18,19). The molecule has 1 N–H and O–H groups in total. The molecule has 0 radical (unpaired) electrons. The van der Waals surface area contributed by atoms with Gasteiger partial charge in [0.25, 0.3) is 0 Å². The van der Waals surface area contributed by atoms with Gasteiger partial charge in [0.2, 0.25) is 0 Å². The zero-order valence-corrected chi connectivity index (χ0v) is 12.1. The maximum absolute atomic E-state index is 12.9. The molecule has 0 bridgehead atoms. The highest BCUT2D eigenvalue weighted by molar-refractivity contribution is 6.32. The summed E-state index contributed by atoms with van der Waals surface area (Å²) >= 11 is 5.83. The van der Waals surface area contributed by atoms with E-state index in [0.717, 1.165) is 6.07 Å². The molecule has 1 aromatic carbocycles. The highest BCUT2D eigenvalue weighted by Crippen LogP contribution is 2.21. The lowest BCUT2D eigenvalue weighted by atomic mass is 10.1. The molecular weight excluding hydrogens is 299 g/mol. The molecule has 6 heteroatoms. The van der Waals surface area contributed by atoms with E-state index in [-0.39, 0.29) is 29.2 Å². The van der Waals surface area contributed by atoms with Gasteiger partial charge in [0.05, 0.1) is 11.6 Å². The molecule has 0 aliphatic rings. The van der Waals surface area contributed by atoms with Crippen molar-refractivity contribution in [2.24, 2.45) is 0 Å². The van der Waals surface area contributed by atoms with E-state index in [1.165, 1.54) is 25.1 Å². The van der Waals surface area contributed by atoms with E-state index < -0.39 is 17.8 Å². The van der Waals surface area contributed by atoms with Crippen molar-refractivity contribution in [1.29, 1.82) is 0 Å². The van der Waals surface area contributed by atoms with Crippen molar-refractivity contribution < 1.29 is 23.8 Å². The number of carbonyl (C=O) groups is 2. The maximum atomic E-state index is 12.9. The molecule has 1 aromatic rings. The van der Waals surface area contributed by atoms with Crippen LogP contribution in [0, 0.1) is 5.82 Å². The molecule has 1 rings (SSSR count). The van der Waals surface area contributed by atoms with E-state index in [9.17, 15) is 14.0 Å². The largest absolute Gasteiger partial charge is 0.478 e. The summed E-state index contributed by atoms with van der Waals surface area (Å²) in [5, 5.41) is 9.22. The van der Waals surface area contributed by atoms with Gasteiger partial charge < -0.3 is 9.84 Å². The number of rotatable bonds is 6. The van der Waals surface area contributed by atoms with E-state index in [2.05, 4.69) is 6.58 Å². The first-order valence-corrected chi connectivity index (χ1v) is 6.40. The number of esters is 1. The predicted molar refractivity (Wildman–Crippen MR) is 77.4 cm³/mol. The Labute approximate surface area is 126 Å². The minimum atomic E-state index is -1.17. The summed E-state index contributed by atoms with van der Waals surface area (Å²) in [5.41, 5.74) is 0.608. The topological polar surface area (TPSA) is 63.6 Å². The number of halogens is 2. The molecule has 0 aliphatic carbocycles. The van der Waals surface area contributed by atoms with Crippen LogP contribution in [-0.4, -0.2) is 23.7 Å². The Morgan fingerprint density at radius 1 is 1.48 bits per heavy atom. The lowest BCUT2D eigenvalue weighted by Gasteiger charge is -2.06. The molecule has 0 aliphatic heterocycles. The molecule has 4 nitrogen and oxygen atoms in total. The first-order valence-electron chi connectivity index (χ1n) is 6.03. The molecule has 112 valence electrons. The SMILES string of the molecule is C=C(C)C(=O)OCCC(=Cc1ccc(F)cc1Cl)C(=O)O. The first-order chi connectivity index (χ1) is 9.81. The van der Waals surface area contributed by atoms with Gasteiger partial charge in [-0.1, -0.05) is 24.2 Å². The van der Waals surface area contributed by atoms with Gasteiger partial charge in [0.1, 0.15) is 5.82 Å². The molecule has 0 atom stereocenters. The third kappa shape index (κ3) is 5.39. The van der Waals surface area contributed by atoms with E-state index in [1.54, 1.807) is 0 Å². The number of hydrogen-bond donors (Lipinski definition) is 1. The zero-order chi connectivity index (χ0) is 16.0. The molecule has 0 spiro atoms. The predicted octanol–water partition coefficient (Wildman–Crippen LogP) is 3.46. The Bertz CT molecular complexity index is 608. The van der Waals surface area contributed by atoms with Gasteiger partial charge in [-0.05, 0) is 30.7 Å². The van der Waals surface area contributed by atoms with Crippen molar-refractivity contribution in [3.63, 3.8) is 0 Å². The smallest absolute Gasteiger partial charge is 0.333 e. The monoisotopic (exact) mass is 312 g/mol. The average molecular weight is 313 g/mol. The molecule has 0 saturated carbocycles. The second-order valence-corrected chi connectivity index (χ2v) is 4.71. The first kappa shape index (κ1) is 16.9. The van der Waals surface area contributed by atoms with E-state index >= 15 is 0 Å². The Balaban J connectivity index is 2.82. The third-order valence-corrected chi connectivity index (χ3v) is 2.85. The van der Waals surface area contributed by atoms with Crippen molar-refractivity contribution in [3.05, 3.63) is 52.3 Å². The van der Waals surface area contributed by atoms with Crippen molar-refractivity contribution in [1.82, 2.24) is 0 Å². The fraction of sp³-hybridized carbons (Fsp3) is 0.200. The third-order valence-electron chi connectivity index (χ3n) is 2.52. The highest BCUT2D eigenvalue weighted by atomic mass is 35.5. The molecule has 0 unspecified atom stereocenters. The van der Waals surface area contributed by atoms with E-state index in [0.29, 0.717) is 5.56 Å². The number of hydrogen-bond acceptors (Lipinski definition) is 3. The van der Waals surface area contributed by atoms with Crippen LogP contribution in [0.4, 0.5) is 4.39 Å². The van der Waals surface area contributed by atoms with Crippen molar-refractivity contribution in [3.8, 4) is 0 Å². The molecular formula is C15H14ClFO4. The van der Waals surface area contributed by atoms with Crippen LogP contribution >= 0.6 is 11.6 Å². The highest BCUT2D eigenvalue weighted by Gasteiger charge is 2.11. The summed E-state index contributed by atoms with van der Waals surface area (Å²) in [6.07, 6.45) is 1.32. The summed E-state index contributed by atoms with van der Waals surface area (Å²) in [4.78, 5) is 22.3. The Hall–Kier alpha value is -2.14. The number of ether oxygens (including phenoxy) is 1. The van der Waals surface area contributed by atoms with Crippen LogP contribution in [0.5, 0.6) is 0 Å². The van der Waals surface area contributed by atoms with Gasteiger partial charge in [0, 0.05) is 17.6 Å². The summed E-state index contributed by atoms with van der Waals surface area (Å²) in [5.74, 6) is -2.26. The zero-order valence-electron chi connectivity index (χ0n) is 11.4. The van der Waals surface area contributed by atoms with Crippen molar-refractivity contribution >= 4 is 29.6 Å². The van der Waals surface area contributed by atoms with Gasteiger partial charge in [0.15, 0.2) is 0 Å². The molecule has 0 aromatic heterocycles. The fourth-order valence-electron chi connectivity index (χ4n) is 1.42. The van der Waals surface area contributed by atoms with Crippen LogP contribution in [0.25, 0.3) is 6.08 Å². The molecule has 0 saturated heterocycles. The van der Waals surface area contributed by atoms with Crippen molar-refractivity contribution in [2.45, 2.75) is 13.3 Å². The van der Waals surface area contributed by atoms with E-state index in [1.807, 2.05) is 0 Å². The van der Waals surface area contributed by atoms with Crippen LogP contribution in [0.15, 0.2) is 35.9 Å². The minimum absolute atomic E-state index is 0.00183. The van der Waals surface area contributed by atoms with Gasteiger partial charge in [-0.15, -0.1) is 0 Å². The molecule has 0 heterocycles. The van der Waals surface area contributed by atoms with E-state index in [4.69, 9.17) is 21.4 Å². The minimum Gasteiger partial charge on any atom is -0.478 e. The van der Waals surface area contributed by atoms with Crippen LogP contribution < -0.4 is 0 Å². The molecule has 0 fully saturated rings. The van der Waals surface area contributed by atoms with Crippen LogP contribution in [0.1, 0.15) is 18.9 Å². The summed E-state index contributed by atoms with van der Waals surface area (Å²) in [6.45, 7) is 4.82. The quantitative estimate of drug-likeness (QED) is 0.645. The molecule has 21 heavy (non-hydrogen) atoms. The van der Waals surface area contributed by atoms with Crippen LogP contribution in [-0.2, 0) is 14.3 Å². The number of carboxylic acids is 1. The summed E-state index contributed by atoms with van der Waals surface area (Å²) in [7, 11) is 0. The average Bonchev–Trinajstić information content (AvgIpc) is 2.39. The number of carbonyl (C=O) groups excluding carboxylic acids is 1. The Morgan fingerprint density at radius 3 is 2.67 bits per heavy atom. The van der Waals surface area contributed by atoms with Gasteiger partial charge in [-0.2, -0.15) is 0 Å². The van der Waals surface area contributed by atoms with Crippen molar-refractivity contribution in [2.75, 3.05) is 6.61 Å². The normalized spacial score (nSPS) is 11.1. The Kier molecular flexibility index (Phi) is 6.11. The maximum Gasteiger partial charge on any atom is 0.333 e. The fourth-order valence-corrected chi connectivity index (χ4v) is 1.65. The number of benzene rings is 1.